The SMILES string of the molecule is CCCNC(C(C)CCOC)C1CCOC1. The summed E-state index contributed by atoms with van der Waals surface area (Å²) in [6, 6.07) is 0.595. The van der Waals surface area contributed by atoms with E-state index in [0.29, 0.717) is 17.9 Å². The minimum atomic E-state index is 0.595. The van der Waals surface area contributed by atoms with Gasteiger partial charge in [-0.15, -0.1) is 0 Å². The van der Waals surface area contributed by atoms with Gasteiger partial charge in [0.1, 0.15) is 0 Å². The second-order valence-electron chi connectivity index (χ2n) is 4.86. The van der Waals surface area contributed by atoms with E-state index in [4.69, 9.17) is 9.47 Å². The maximum absolute atomic E-state index is 5.50. The second kappa shape index (κ2) is 8.04. The van der Waals surface area contributed by atoms with Crippen molar-refractivity contribution in [2.75, 3.05) is 33.5 Å². The van der Waals surface area contributed by atoms with Gasteiger partial charge in [0.25, 0.3) is 0 Å². The molecular weight excluding hydrogens is 202 g/mol. The lowest BCUT2D eigenvalue weighted by atomic mass is 9.87. The fraction of sp³-hybridized carbons (Fsp3) is 1.00. The molecule has 96 valence electrons. The number of methoxy groups -OCH3 is 1. The van der Waals surface area contributed by atoms with Gasteiger partial charge < -0.3 is 14.8 Å². The van der Waals surface area contributed by atoms with Gasteiger partial charge in [-0.2, -0.15) is 0 Å². The van der Waals surface area contributed by atoms with Crippen LogP contribution in [0.2, 0.25) is 0 Å². The van der Waals surface area contributed by atoms with Crippen molar-refractivity contribution in [2.45, 2.75) is 39.2 Å². The molecule has 1 aliphatic heterocycles. The third-order valence-corrected chi connectivity index (χ3v) is 3.49. The molecule has 1 fully saturated rings. The van der Waals surface area contributed by atoms with Gasteiger partial charge in [0.2, 0.25) is 0 Å². The molecule has 3 heteroatoms. The average Bonchev–Trinajstić information content (AvgIpc) is 2.80. The van der Waals surface area contributed by atoms with Crippen LogP contribution in [-0.4, -0.2) is 39.5 Å². The summed E-state index contributed by atoms with van der Waals surface area (Å²) in [4.78, 5) is 0. The zero-order valence-electron chi connectivity index (χ0n) is 11.0. The summed E-state index contributed by atoms with van der Waals surface area (Å²) in [6.07, 6.45) is 3.54. The van der Waals surface area contributed by atoms with E-state index in [0.717, 1.165) is 32.8 Å². The topological polar surface area (TPSA) is 30.5 Å². The molecule has 0 aromatic heterocycles. The molecule has 0 saturated carbocycles. The van der Waals surface area contributed by atoms with E-state index < -0.39 is 0 Å². The summed E-state index contributed by atoms with van der Waals surface area (Å²) in [5, 5.41) is 3.68. The van der Waals surface area contributed by atoms with Crippen molar-refractivity contribution in [1.29, 1.82) is 0 Å². The smallest absolute Gasteiger partial charge is 0.0510 e. The molecule has 0 amide bonds. The largest absolute Gasteiger partial charge is 0.385 e. The van der Waals surface area contributed by atoms with E-state index in [9.17, 15) is 0 Å². The molecule has 0 spiro atoms. The summed E-state index contributed by atoms with van der Waals surface area (Å²) in [7, 11) is 1.78. The van der Waals surface area contributed by atoms with Crippen LogP contribution in [0.25, 0.3) is 0 Å². The summed E-state index contributed by atoms with van der Waals surface area (Å²) < 4.78 is 10.7. The number of hydrogen-bond acceptors (Lipinski definition) is 3. The van der Waals surface area contributed by atoms with Gasteiger partial charge in [-0.05, 0) is 31.7 Å². The first kappa shape index (κ1) is 13.9. The van der Waals surface area contributed by atoms with Gasteiger partial charge in [-0.3, -0.25) is 0 Å². The van der Waals surface area contributed by atoms with E-state index in [1.165, 1.54) is 12.8 Å². The fourth-order valence-electron chi connectivity index (χ4n) is 2.46. The number of rotatable bonds is 8. The summed E-state index contributed by atoms with van der Waals surface area (Å²) in [5.41, 5.74) is 0. The van der Waals surface area contributed by atoms with E-state index in [-0.39, 0.29) is 0 Å². The molecule has 1 aliphatic rings. The van der Waals surface area contributed by atoms with Crippen LogP contribution in [0.1, 0.15) is 33.1 Å². The van der Waals surface area contributed by atoms with Crippen LogP contribution in [0.5, 0.6) is 0 Å². The predicted molar refractivity (Wildman–Crippen MR) is 66.7 cm³/mol. The van der Waals surface area contributed by atoms with Crippen LogP contribution < -0.4 is 5.32 Å². The summed E-state index contributed by atoms with van der Waals surface area (Å²) in [6.45, 7) is 8.38. The number of nitrogens with one attached hydrogen (secondary N) is 1. The van der Waals surface area contributed by atoms with Gasteiger partial charge >= 0.3 is 0 Å². The normalized spacial score (nSPS) is 24.6. The van der Waals surface area contributed by atoms with Crippen molar-refractivity contribution < 1.29 is 9.47 Å². The third-order valence-electron chi connectivity index (χ3n) is 3.49. The predicted octanol–water partition coefficient (Wildman–Crippen LogP) is 2.06. The van der Waals surface area contributed by atoms with E-state index >= 15 is 0 Å². The van der Waals surface area contributed by atoms with Crippen LogP contribution in [0.3, 0.4) is 0 Å². The minimum absolute atomic E-state index is 0.595. The van der Waals surface area contributed by atoms with Gasteiger partial charge in [0, 0.05) is 32.3 Å². The first-order valence-electron chi connectivity index (χ1n) is 6.59. The van der Waals surface area contributed by atoms with Crippen LogP contribution in [0.4, 0.5) is 0 Å². The molecule has 1 rings (SSSR count). The molecule has 1 N–H and O–H groups in total. The third kappa shape index (κ3) is 4.40. The quantitative estimate of drug-likeness (QED) is 0.691. The standard InChI is InChI=1S/C13H27NO2/c1-4-7-14-13(11(2)5-8-15-3)12-6-9-16-10-12/h11-14H,4-10H2,1-3H3. The van der Waals surface area contributed by atoms with Crippen LogP contribution in [0, 0.1) is 11.8 Å². The highest BCUT2D eigenvalue weighted by atomic mass is 16.5. The van der Waals surface area contributed by atoms with Crippen LogP contribution >= 0.6 is 0 Å². The zero-order chi connectivity index (χ0) is 11.8. The average molecular weight is 229 g/mol. The Bertz CT molecular complexity index is 169. The van der Waals surface area contributed by atoms with Crippen molar-refractivity contribution in [3.8, 4) is 0 Å². The Morgan fingerprint density at radius 2 is 2.31 bits per heavy atom. The maximum atomic E-state index is 5.50. The fourth-order valence-corrected chi connectivity index (χ4v) is 2.46. The molecule has 3 atom stereocenters. The highest BCUT2D eigenvalue weighted by Gasteiger charge is 2.29. The molecule has 0 aromatic rings. The Morgan fingerprint density at radius 1 is 1.50 bits per heavy atom. The van der Waals surface area contributed by atoms with E-state index in [2.05, 4.69) is 19.2 Å². The van der Waals surface area contributed by atoms with E-state index in [1.54, 1.807) is 7.11 Å². The molecule has 0 radical (unpaired) electrons. The lowest BCUT2D eigenvalue weighted by Gasteiger charge is -2.29. The Kier molecular flexibility index (Phi) is 7.01. The Balaban J connectivity index is 2.40. The number of hydrogen-bond donors (Lipinski definition) is 1. The Hall–Kier alpha value is -0.120. The molecule has 16 heavy (non-hydrogen) atoms. The monoisotopic (exact) mass is 229 g/mol. The lowest BCUT2D eigenvalue weighted by molar-refractivity contribution is 0.142. The van der Waals surface area contributed by atoms with Gasteiger partial charge in [-0.25, -0.2) is 0 Å². The molecule has 0 aromatic carbocycles. The summed E-state index contributed by atoms with van der Waals surface area (Å²) >= 11 is 0. The van der Waals surface area contributed by atoms with Crippen LogP contribution in [0.15, 0.2) is 0 Å². The molecule has 1 heterocycles. The van der Waals surface area contributed by atoms with Crippen molar-refractivity contribution in [2.24, 2.45) is 11.8 Å². The number of ether oxygens (including phenoxy) is 2. The Labute approximate surface area is 99.9 Å². The van der Waals surface area contributed by atoms with Gasteiger partial charge in [-0.1, -0.05) is 13.8 Å². The molecule has 1 saturated heterocycles. The molecule has 3 nitrogen and oxygen atoms in total. The van der Waals surface area contributed by atoms with Crippen molar-refractivity contribution >= 4 is 0 Å². The first-order valence-corrected chi connectivity index (χ1v) is 6.59. The summed E-state index contributed by atoms with van der Waals surface area (Å²) in [5.74, 6) is 1.36. The van der Waals surface area contributed by atoms with Gasteiger partial charge in [0.15, 0.2) is 0 Å². The molecule has 3 unspecified atom stereocenters. The van der Waals surface area contributed by atoms with Crippen molar-refractivity contribution in [1.82, 2.24) is 5.32 Å². The van der Waals surface area contributed by atoms with Crippen molar-refractivity contribution in [3.05, 3.63) is 0 Å². The highest BCUT2D eigenvalue weighted by molar-refractivity contribution is 4.83. The van der Waals surface area contributed by atoms with Crippen molar-refractivity contribution in [3.63, 3.8) is 0 Å². The highest BCUT2D eigenvalue weighted by Crippen LogP contribution is 2.24. The molecule has 0 bridgehead atoms. The molecular formula is C13H27NO2. The van der Waals surface area contributed by atoms with E-state index in [1.807, 2.05) is 0 Å². The maximum Gasteiger partial charge on any atom is 0.0510 e. The minimum Gasteiger partial charge on any atom is -0.385 e. The second-order valence-corrected chi connectivity index (χ2v) is 4.86. The lowest BCUT2D eigenvalue weighted by Crippen LogP contribution is -2.42. The molecule has 0 aliphatic carbocycles. The Morgan fingerprint density at radius 3 is 2.88 bits per heavy atom. The van der Waals surface area contributed by atoms with Crippen LogP contribution in [-0.2, 0) is 9.47 Å². The van der Waals surface area contributed by atoms with Gasteiger partial charge in [0.05, 0.1) is 6.61 Å². The zero-order valence-corrected chi connectivity index (χ0v) is 11.0. The first-order chi connectivity index (χ1) is 7.79.